The van der Waals surface area contributed by atoms with Gasteiger partial charge in [-0.1, -0.05) is 78.3 Å². The summed E-state index contributed by atoms with van der Waals surface area (Å²) < 4.78 is 6.06. The molecule has 0 saturated heterocycles. The molecule has 0 saturated carbocycles. The molecule has 4 aromatic carbocycles. The summed E-state index contributed by atoms with van der Waals surface area (Å²) in [6, 6.07) is 30.8. The van der Waals surface area contributed by atoms with Crippen molar-refractivity contribution in [1.82, 2.24) is 0 Å². The van der Waals surface area contributed by atoms with Crippen LogP contribution in [-0.4, -0.2) is 0 Å². The second kappa shape index (κ2) is 6.05. The molecule has 0 amide bonds. The highest BCUT2D eigenvalue weighted by Gasteiger charge is 2.13. The number of furan rings is 1. The average molecular weight is 355 g/mol. The average Bonchev–Trinajstić information content (AvgIpc) is 3.06. The summed E-state index contributed by atoms with van der Waals surface area (Å²) in [6.45, 7) is 0. The third-order valence-electron chi connectivity index (χ3n) is 4.77. The van der Waals surface area contributed by atoms with E-state index in [2.05, 4.69) is 42.5 Å². The Morgan fingerprint density at radius 1 is 0.577 bits per heavy atom. The molecule has 124 valence electrons. The van der Waals surface area contributed by atoms with Crippen molar-refractivity contribution in [1.29, 1.82) is 0 Å². The molecule has 1 heterocycles. The van der Waals surface area contributed by atoms with Crippen molar-refractivity contribution in [3.8, 4) is 22.3 Å². The second-order valence-electron chi connectivity index (χ2n) is 6.34. The Kier molecular flexibility index (Phi) is 3.55. The van der Waals surface area contributed by atoms with Gasteiger partial charge in [-0.2, -0.15) is 0 Å². The summed E-state index contributed by atoms with van der Waals surface area (Å²) in [4.78, 5) is 0. The van der Waals surface area contributed by atoms with Crippen LogP contribution in [0.25, 0.3) is 44.2 Å². The molecule has 5 rings (SSSR count). The lowest BCUT2D eigenvalue weighted by Gasteiger charge is -2.12. The maximum Gasteiger partial charge on any atom is 0.136 e. The van der Waals surface area contributed by atoms with Gasteiger partial charge in [0.15, 0.2) is 0 Å². The van der Waals surface area contributed by atoms with Gasteiger partial charge in [0.05, 0.1) is 0 Å². The summed E-state index contributed by atoms with van der Waals surface area (Å²) in [7, 11) is 0. The fourth-order valence-corrected chi connectivity index (χ4v) is 3.84. The van der Waals surface area contributed by atoms with Gasteiger partial charge in [0.1, 0.15) is 11.2 Å². The molecule has 2 heteroatoms. The van der Waals surface area contributed by atoms with Crippen LogP contribution in [0.5, 0.6) is 0 Å². The van der Waals surface area contributed by atoms with Crippen LogP contribution >= 0.6 is 11.6 Å². The quantitative estimate of drug-likeness (QED) is 0.318. The van der Waals surface area contributed by atoms with Gasteiger partial charge in [-0.05, 0) is 41.0 Å². The molecule has 0 radical (unpaired) electrons. The molecular formula is C24H15ClO. The van der Waals surface area contributed by atoms with Crippen molar-refractivity contribution in [3.05, 3.63) is 96.0 Å². The van der Waals surface area contributed by atoms with Crippen molar-refractivity contribution in [2.24, 2.45) is 0 Å². The van der Waals surface area contributed by atoms with E-state index in [0.717, 1.165) is 49.2 Å². The lowest BCUT2D eigenvalue weighted by atomic mass is 9.94. The summed E-state index contributed by atoms with van der Waals surface area (Å²) in [5.74, 6) is 0. The normalized spacial score (nSPS) is 11.3. The zero-order valence-corrected chi connectivity index (χ0v) is 14.7. The number of hydrogen-bond donors (Lipinski definition) is 0. The van der Waals surface area contributed by atoms with Gasteiger partial charge in [0.25, 0.3) is 0 Å². The first-order chi connectivity index (χ1) is 12.8. The van der Waals surface area contributed by atoms with E-state index in [0.29, 0.717) is 0 Å². The highest BCUT2D eigenvalue weighted by atomic mass is 35.5. The molecule has 0 N–H and O–H groups in total. The fraction of sp³-hybridized carbons (Fsp3) is 0. The van der Waals surface area contributed by atoms with Gasteiger partial charge in [0.2, 0.25) is 0 Å². The van der Waals surface area contributed by atoms with Gasteiger partial charge in [0, 0.05) is 21.4 Å². The molecule has 0 fully saturated rings. The van der Waals surface area contributed by atoms with Gasteiger partial charge >= 0.3 is 0 Å². The van der Waals surface area contributed by atoms with Crippen LogP contribution in [0.4, 0.5) is 0 Å². The number of rotatable bonds is 2. The van der Waals surface area contributed by atoms with Gasteiger partial charge in [-0.15, -0.1) is 0 Å². The van der Waals surface area contributed by atoms with Crippen LogP contribution < -0.4 is 0 Å². The van der Waals surface area contributed by atoms with E-state index in [1.807, 2.05) is 48.5 Å². The lowest BCUT2D eigenvalue weighted by molar-refractivity contribution is 0.669. The van der Waals surface area contributed by atoms with E-state index in [9.17, 15) is 0 Å². The van der Waals surface area contributed by atoms with Crippen LogP contribution in [0, 0.1) is 0 Å². The van der Waals surface area contributed by atoms with Crippen molar-refractivity contribution in [3.63, 3.8) is 0 Å². The third kappa shape index (κ3) is 2.40. The lowest BCUT2D eigenvalue weighted by Crippen LogP contribution is -1.86. The number of halogens is 1. The molecule has 1 aromatic heterocycles. The number of fused-ring (bicyclic) bond motifs is 3. The van der Waals surface area contributed by atoms with Crippen LogP contribution in [0.2, 0.25) is 5.02 Å². The number of para-hydroxylation sites is 1. The Morgan fingerprint density at radius 2 is 1.35 bits per heavy atom. The van der Waals surface area contributed by atoms with Crippen molar-refractivity contribution >= 4 is 33.5 Å². The van der Waals surface area contributed by atoms with E-state index >= 15 is 0 Å². The van der Waals surface area contributed by atoms with E-state index in [-0.39, 0.29) is 0 Å². The monoisotopic (exact) mass is 354 g/mol. The second-order valence-corrected chi connectivity index (χ2v) is 6.74. The molecule has 0 spiro atoms. The number of hydrogen-bond acceptors (Lipinski definition) is 1. The Morgan fingerprint density at radius 3 is 2.23 bits per heavy atom. The van der Waals surface area contributed by atoms with E-state index in [1.54, 1.807) is 0 Å². The molecule has 5 aromatic rings. The van der Waals surface area contributed by atoms with Crippen LogP contribution in [-0.2, 0) is 0 Å². The van der Waals surface area contributed by atoms with E-state index < -0.39 is 0 Å². The predicted molar refractivity (Wildman–Crippen MR) is 110 cm³/mol. The summed E-state index contributed by atoms with van der Waals surface area (Å²) in [6.07, 6.45) is 0. The summed E-state index contributed by atoms with van der Waals surface area (Å²) in [5.41, 5.74) is 6.16. The Balaban J connectivity index is 1.76. The first-order valence-electron chi connectivity index (χ1n) is 8.57. The molecule has 0 aliphatic carbocycles. The van der Waals surface area contributed by atoms with Crippen LogP contribution in [0.3, 0.4) is 0 Å². The standard InChI is InChI=1S/C24H15ClO/c25-21-11-6-10-18(24(21)16-7-2-1-3-8-16)17-13-14-20-19-9-4-5-12-22(19)26-23(20)15-17/h1-15H. The highest BCUT2D eigenvalue weighted by molar-refractivity contribution is 6.34. The molecular weight excluding hydrogens is 340 g/mol. The zero-order valence-electron chi connectivity index (χ0n) is 13.9. The van der Waals surface area contributed by atoms with E-state index in [4.69, 9.17) is 16.0 Å². The van der Waals surface area contributed by atoms with Gasteiger partial charge in [-0.25, -0.2) is 0 Å². The molecule has 1 nitrogen and oxygen atoms in total. The molecule has 0 bridgehead atoms. The Bertz CT molecular complexity index is 1240. The predicted octanol–water partition coefficient (Wildman–Crippen LogP) is 7.57. The fourth-order valence-electron chi connectivity index (χ4n) is 3.56. The molecule has 0 unspecified atom stereocenters. The topological polar surface area (TPSA) is 13.1 Å². The van der Waals surface area contributed by atoms with Crippen LogP contribution in [0.15, 0.2) is 95.4 Å². The summed E-state index contributed by atoms with van der Waals surface area (Å²) >= 11 is 6.57. The summed E-state index contributed by atoms with van der Waals surface area (Å²) in [5, 5.41) is 3.02. The van der Waals surface area contributed by atoms with Gasteiger partial charge < -0.3 is 4.42 Å². The maximum absolute atomic E-state index is 6.57. The van der Waals surface area contributed by atoms with Crippen LogP contribution in [0.1, 0.15) is 0 Å². The molecule has 0 aliphatic heterocycles. The number of benzene rings is 4. The first-order valence-corrected chi connectivity index (χ1v) is 8.95. The minimum absolute atomic E-state index is 0.749. The largest absolute Gasteiger partial charge is 0.456 e. The minimum Gasteiger partial charge on any atom is -0.456 e. The Labute approximate surface area is 156 Å². The zero-order chi connectivity index (χ0) is 17.5. The molecule has 0 atom stereocenters. The van der Waals surface area contributed by atoms with Gasteiger partial charge in [-0.3, -0.25) is 0 Å². The molecule has 0 aliphatic rings. The minimum atomic E-state index is 0.749. The third-order valence-corrected chi connectivity index (χ3v) is 5.08. The van der Waals surface area contributed by atoms with E-state index in [1.165, 1.54) is 0 Å². The molecule has 26 heavy (non-hydrogen) atoms. The van der Waals surface area contributed by atoms with Crippen molar-refractivity contribution in [2.45, 2.75) is 0 Å². The smallest absolute Gasteiger partial charge is 0.136 e. The Hall–Kier alpha value is -3.03. The SMILES string of the molecule is Clc1cccc(-c2ccc3c(c2)oc2ccccc23)c1-c1ccccc1. The van der Waals surface area contributed by atoms with Crippen molar-refractivity contribution < 1.29 is 4.42 Å². The highest BCUT2D eigenvalue weighted by Crippen LogP contribution is 2.39. The van der Waals surface area contributed by atoms with Crippen molar-refractivity contribution in [2.75, 3.05) is 0 Å². The first kappa shape index (κ1) is 15.2. The maximum atomic E-state index is 6.57.